The molecule has 1 aromatic carbocycles. The second kappa shape index (κ2) is 9.60. The van der Waals surface area contributed by atoms with Gasteiger partial charge in [-0.25, -0.2) is 18.2 Å². The Balaban J connectivity index is 1.50. The van der Waals surface area contributed by atoms with Crippen molar-refractivity contribution in [3.8, 4) is 0 Å². The fourth-order valence-electron chi connectivity index (χ4n) is 4.44. The molecule has 1 fully saturated rings. The van der Waals surface area contributed by atoms with E-state index in [0.717, 1.165) is 11.1 Å². The van der Waals surface area contributed by atoms with Gasteiger partial charge in [-0.15, -0.1) is 0 Å². The third kappa shape index (κ3) is 6.20. The number of likely N-dealkylation sites (tertiary alicyclic amines) is 1. The standard InChI is InChI=1S/C26H32F3N5O/c1-17(19-8-6-18(7-9-19)14-33-11-5-10-26(28,29)16-33)31-24-30-13-20-12-21(27)23(35)34(22(20)32-24)15-25(2,3)4/h6-9,12-13,17H,5,10-11,14-16H2,1-4H3,(H,30,31,32)/t17-/m0/s1. The van der Waals surface area contributed by atoms with Crippen LogP contribution in [0, 0.1) is 11.2 Å². The highest BCUT2D eigenvalue weighted by atomic mass is 19.3. The van der Waals surface area contributed by atoms with Crippen LogP contribution in [0.3, 0.4) is 0 Å². The van der Waals surface area contributed by atoms with E-state index in [1.807, 2.05) is 52.0 Å². The molecular formula is C26H32F3N5O. The van der Waals surface area contributed by atoms with E-state index in [0.29, 0.717) is 43.0 Å². The lowest BCUT2D eigenvalue weighted by Gasteiger charge is -2.32. The smallest absolute Gasteiger partial charge is 0.288 e. The molecule has 35 heavy (non-hydrogen) atoms. The van der Waals surface area contributed by atoms with E-state index in [4.69, 9.17) is 0 Å². The zero-order valence-corrected chi connectivity index (χ0v) is 20.6. The van der Waals surface area contributed by atoms with Gasteiger partial charge in [0.15, 0.2) is 5.82 Å². The van der Waals surface area contributed by atoms with E-state index in [1.54, 1.807) is 4.90 Å². The van der Waals surface area contributed by atoms with Gasteiger partial charge in [-0.05, 0) is 42.5 Å². The SMILES string of the molecule is C[C@H](Nc1ncc2cc(F)c(=O)n(CC(C)(C)C)c2n1)c1ccc(CN2CCCC(F)(F)C2)cc1. The summed E-state index contributed by atoms with van der Waals surface area (Å²) >= 11 is 0. The van der Waals surface area contributed by atoms with Gasteiger partial charge in [0, 0.05) is 31.1 Å². The molecular weight excluding hydrogens is 455 g/mol. The molecule has 188 valence electrons. The minimum atomic E-state index is -2.61. The summed E-state index contributed by atoms with van der Waals surface area (Å²) in [5, 5.41) is 3.70. The number of rotatable bonds is 6. The van der Waals surface area contributed by atoms with Crippen LogP contribution < -0.4 is 10.9 Å². The number of hydrogen-bond acceptors (Lipinski definition) is 5. The molecule has 0 bridgehead atoms. The molecule has 9 heteroatoms. The van der Waals surface area contributed by atoms with Crippen LogP contribution in [-0.2, 0) is 13.1 Å². The van der Waals surface area contributed by atoms with Gasteiger partial charge in [-0.3, -0.25) is 14.3 Å². The van der Waals surface area contributed by atoms with Gasteiger partial charge in [0.05, 0.1) is 12.6 Å². The van der Waals surface area contributed by atoms with Gasteiger partial charge in [0.2, 0.25) is 5.95 Å². The zero-order valence-electron chi connectivity index (χ0n) is 20.6. The molecule has 4 rings (SSSR count). The average molecular weight is 488 g/mol. The van der Waals surface area contributed by atoms with Crippen molar-refractivity contribution in [3.05, 3.63) is 63.8 Å². The van der Waals surface area contributed by atoms with Crippen molar-refractivity contribution in [2.75, 3.05) is 18.4 Å². The molecule has 0 unspecified atom stereocenters. The van der Waals surface area contributed by atoms with E-state index >= 15 is 0 Å². The van der Waals surface area contributed by atoms with Crippen molar-refractivity contribution in [1.82, 2.24) is 19.4 Å². The van der Waals surface area contributed by atoms with E-state index in [2.05, 4.69) is 15.3 Å². The van der Waals surface area contributed by atoms with E-state index in [-0.39, 0.29) is 24.4 Å². The number of piperidine rings is 1. The maximum absolute atomic E-state index is 14.2. The zero-order chi connectivity index (χ0) is 25.4. The lowest BCUT2D eigenvalue weighted by Crippen LogP contribution is -2.41. The minimum Gasteiger partial charge on any atom is -0.348 e. The number of fused-ring (bicyclic) bond motifs is 1. The Kier molecular flexibility index (Phi) is 6.90. The second-order valence-electron chi connectivity index (χ2n) is 10.7. The van der Waals surface area contributed by atoms with Gasteiger partial charge >= 0.3 is 0 Å². The molecule has 1 aliphatic rings. The number of nitrogens with one attached hydrogen (secondary N) is 1. The van der Waals surface area contributed by atoms with Crippen LogP contribution in [0.4, 0.5) is 19.1 Å². The summed E-state index contributed by atoms with van der Waals surface area (Å²) in [6, 6.07) is 8.84. The van der Waals surface area contributed by atoms with E-state index in [9.17, 15) is 18.0 Å². The molecule has 1 N–H and O–H groups in total. The number of nitrogens with zero attached hydrogens (tertiary/aromatic N) is 4. The number of benzene rings is 1. The Hall–Kier alpha value is -2.94. The second-order valence-corrected chi connectivity index (χ2v) is 10.7. The molecule has 0 spiro atoms. The molecule has 3 aromatic rings. The van der Waals surface area contributed by atoms with Crippen LogP contribution >= 0.6 is 0 Å². The van der Waals surface area contributed by atoms with Crippen molar-refractivity contribution in [2.45, 2.75) is 65.6 Å². The molecule has 3 heterocycles. The molecule has 1 atom stereocenters. The molecule has 0 saturated carbocycles. The van der Waals surface area contributed by atoms with E-state index < -0.39 is 17.3 Å². The molecule has 0 amide bonds. The maximum Gasteiger partial charge on any atom is 0.288 e. The number of halogens is 3. The summed E-state index contributed by atoms with van der Waals surface area (Å²) in [7, 11) is 0. The third-order valence-corrected chi connectivity index (χ3v) is 6.12. The summed E-state index contributed by atoms with van der Waals surface area (Å²) in [5.74, 6) is -3.11. The Morgan fingerprint density at radius 3 is 2.57 bits per heavy atom. The largest absolute Gasteiger partial charge is 0.348 e. The molecule has 1 saturated heterocycles. The van der Waals surface area contributed by atoms with Crippen molar-refractivity contribution in [1.29, 1.82) is 0 Å². The molecule has 0 aliphatic carbocycles. The first-order valence-electron chi connectivity index (χ1n) is 11.9. The minimum absolute atomic E-state index is 0.0380. The monoisotopic (exact) mass is 487 g/mol. The van der Waals surface area contributed by atoms with Crippen LogP contribution in [0.25, 0.3) is 11.0 Å². The summed E-state index contributed by atoms with van der Waals surface area (Å²) in [6.07, 6.45) is 1.98. The fourth-order valence-corrected chi connectivity index (χ4v) is 4.44. The summed E-state index contributed by atoms with van der Waals surface area (Å²) in [5.41, 5.74) is 1.39. The Labute approximate surface area is 203 Å². The number of alkyl halides is 2. The lowest BCUT2D eigenvalue weighted by atomic mass is 9.97. The Bertz CT molecular complexity index is 1250. The predicted octanol–water partition coefficient (Wildman–Crippen LogP) is 5.38. The van der Waals surface area contributed by atoms with Crippen molar-refractivity contribution in [2.24, 2.45) is 5.41 Å². The number of aromatic nitrogens is 3. The Morgan fingerprint density at radius 1 is 1.20 bits per heavy atom. The molecule has 1 aliphatic heterocycles. The number of anilines is 1. The van der Waals surface area contributed by atoms with Gasteiger partial charge in [0.1, 0.15) is 5.65 Å². The van der Waals surface area contributed by atoms with Crippen molar-refractivity contribution in [3.63, 3.8) is 0 Å². The first-order chi connectivity index (χ1) is 16.4. The Morgan fingerprint density at radius 2 is 1.91 bits per heavy atom. The molecule has 2 aromatic heterocycles. The van der Waals surface area contributed by atoms with Crippen LogP contribution in [0.5, 0.6) is 0 Å². The van der Waals surface area contributed by atoms with Crippen LogP contribution in [-0.4, -0.2) is 38.4 Å². The third-order valence-electron chi connectivity index (χ3n) is 6.12. The average Bonchev–Trinajstić information content (AvgIpc) is 2.76. The van der Waals surface area contributed by atoms with Gasteiger partial charge in [-0.1, -0.05) is 45.0 Å². The summed E-state index contributed by atoms with van der Waals surface area (Å²) < 4.78 is 42.9. The van der Waals surface area contributed by atoms with Crippen molar-refractivity contribution >= 4 is 17.0 Å². The quantitative estimate of drug-likeness (QED) is 0.506. The molecule has 0 radical (unpaired) electrons. The van der Waals surface area contributed by atoms with Crippen LogP contribution in [0.15, 0.2) is 41.3 Å². The van der Waals surface area contributed by atoms with Crippen LogP contribution in [0.2, 0.25) is 0 Å². The van der Waals surface area contributed by atoms with Gasteiger partial charge < -0.3 is 5.32 Å². The highest BCUT2D eigenvalue weighted by Gasteiger charge is 2.34. The normalized spacial score (nSPS) is 17.5. The van der Waals surface area contributed by atoms with Gasteiger partial charge in [-0.2, -0.15) is 4.98 Å². The van der Waals surface area contributed by atoms with Crippen molar-refractivity contribution < 1.29 is 13.2 Å². The summed E-state index contributed by atoms with van der Waals surface area (Å²) in [6.45, 7) is 9.16. The topological polar surface area (TPSA) is 63.1 Å². The lowest BCUT2D eigenvalue weighted by molar-refractivity contribution is -0.0661. The number of pyridine rings is 1. The van der Waals surface area contributed by atoms with E-state index in [1.165, 1.54) is 16.8 Å². The first-order valence-corrected chi connectivity index (χ1v) is 11.9. The highest BCUT2D eigenvalue weighted by molar-refractivity contribution is 5.75. The molecule has 6 nitrogen and oxygen atoms in total. The highest BCUT2D eigenvalue weighted by Crippen LogP contribution is 2.28. The maximum atomic E-state index is 14.2. The summed E-state index contributed by atoms with van der Waals surface area (Å²) in [4.78, 5) is 23.1. The number of hydrogen-bond donors (Lipinski definition) is 1. The first kappa shape index (κ1) is 25.2. The predicted molar refractivity (Wildman–Crippen MR) is 131 cm³/mol. The van der Waals surface area contributed by atoms with Crippen LogP contribution in [0.1, 0.15) is 57.7 Å². The van der Waals surface area contributed by atoms with Gasteiger partial charge in [0.25, 0.3) is 11.5 Å². The fraction of sp³-hybridized carbons (Fsp3) is 0.500.